The van der Waals surface area contributed by atoms with Gasteiger partial charge >= 0.3 is 5.97 Å². The summed E-state index contributed by atoms with van der Waals surface area (Å²) in [7, 11) is 0. The molecular formula is C25H25N2O3S+. The molecule has 0 radical (unpaired) electrons. The Hall–Kier alpha value is -3.22. The first kappa shape index (κ1) is 21.0. The maximum absolute atomic E-state index is 12.5. The van der Waals surface area contributed by atoms with E-state index in [0.29, 0.717) is 11.4 Å². The van der Waals surface area contributed by atoms with Crippen molar-refractivity contribution < 1.29 is 19.2 Å². The number of aliphatic hydroxyl groups is 1. The Morgan fingerprint density at radius 3 is 2.55 bits per heavy atom. The third kappa shape index (κ3) is 4.93. The molecule has 1 unspecified atom stereocenters. The number of nitrogens with zero attached hydrogens (tertiary/aromatic N) is 2. The topological polar surface area (TPSA) is 55.3 Å². The van der Waals surface area contributed by atoms with Crippen molar-refractivity contribution in [3.8, 4) is 11.1 Å². The summed E-state index contributed by atoms with van der Waals surface area (Å²) in [4.78, 5) is 13.1. The van der Waals surface area contributed by atoms with Crippen molar-refractivity contribution >= 4 is 17.3 Å². The molecule has 2 aromatic carbocycles. The van der Waals surface area contributed by atoms with Crippen LogP contribution < -0.4 is 4.57 Å². The molecule has 1 N–H and O–H groups in total. The molecule has 0 saturated carbocycles. The second-order valence-electron chi connectivity index (χ2n) is 7.29. The largest absolute Gasteiger partial charge is 0.459 e. The van der Waals surface area contributed by atoms with E-state index >= 15 is 0 Å². The third-order valence-electron chi connectivity index (χ3n) is 5.28. The van der Waals surface area contributed by atoms with E-state index in [-0.39, 0.29) is 6.61 Å². The molecule has 2 aromatic heterocycles. The van der Waals surface area contributed by atoms with Crippen LogP contribution in [0.1, 0.15) is 22.4 Å². The molecule has 31 heavy (non-hydrogen) atoms. The average molecular weight is 434 g/mol. The summed E-state index contributed by atoms with van der Waals surface area (Å²) in [5, 5.41) is 12.4. The van der Waals surface area contributed by atoms with Gasteiger partial charge in [0.2, 0.25) is 0 Å². The highest BCUT2D eigenvalue weighted by molar-refractivity contribution is 7.10. The number of aromatic nitrogens is 2. The van der Waals surface area contributed by atoms with Crippen LogP contribution in [0.2, 0.25) is 0 Å². The number of imidazole rings is 1. The molecule has 0 amide bonds. The third-order valence-corrected chi connectivity index (χ3v) is 6.25. The van der Waals surface area contributed by atoms with Crippen LogP contribution in [0.4, 0.5) is 0 Å². The van der Waals surface area contributed by atoms with E-state index in [1.54, 1.807) is 0 Å². The van der Waals surface area contributed by atoms with Gasteiger partial charge in [0, 0.05) is 6.92 Å². The zero-order chi connectivity index (χ0) is 21.6. The molecule has 5 nitrogen and oxygen atoms in total. The molecule has 0 bridgehead atoms. The minimum atomic E-state index is -1.29. The van der Waals surface area contributed by atoms with Crippen LogP contribution in [-0.2, 0) is 22.6 Å². The Balaban J connectivity index is 1.35. The number of esters is 1. The summed E-state index contributed by atoms with van der Waals surface area (Å²) in [6.45, 7) is 3.56. The maximum atomic E-state index is 12.5. The van der Waals surface area contributed by atoms with Gasteiger partial charge in [-0.25, -0.2) is 13.9 Å². The predicted octanol–water partition coefficient (Wildman–Crippen LogP) is 4.14. The van der Waals surface area contributed by atoms with E-state index in [4.69, 9.17) is 4.74 Å². The Morgan fingerprint density at radius 1 is 1.10 bits per heavy atom. The van der Waals surface area contributed by atoms with Crippen LogP contribution in [-0.4, -0.2) is 22.2 Å². The summed E-state index contributed by atoms with van der Waals surface area (Å²) < 4.78 is 9.59. The van der Waals surface area contributed by atoms with Gasteiger partial charge in [-0.2, -0.15) is 0 Å². The van der Waals surface area contributed by atoms with Gasteiger partial charge < -0.3 is 9.84 Å². The molecule has 0 aliphatic rings. The lowest BCUT2D eigenvalue weighted by Gasteiger charge is -2.11. The van der Waals surface area contributed by atoms with Crippen LogP contribution in [0, 0.1) is 6.92 Å². The zero-order valence-electron chi connectivity index (χ0n) is 17.3. The standard InChI is InChI=1S/C25H25N2O3S/c1-19-26(13-14-27(19)18-20-8-4-2-5-9-20)15-16-30-25(29)23(28)24-22(12-17-31-24)21-10-6-3-7-11-21/h2-14,17,23,28H,15-16,18H2,1H3/q+1. The molecule has 158 valence electrons. The first-order chi connectivity index (χ1) is 15.1. The van der Waals surface area contributed by atoms with Crippen LogP contribution >= 0.6 is 11.3 Å². The molecular weight excluding hydrogens is 408 g/mol. The van der Waals surface area contributed by atoms with Crippen molar-refractivity contribution in [2.75, 3.05) is 6.61 Å². The van der Waals surface area contributed by atoms with Gasteiger partial charge in [-0.3, -0.25) is 0 Å². The monoisotopic (exact) mass is 433 g/mol. The normalized spacial score (nSPS) is 11.9. The molecule has 0 aliphatic carbocycles. The van der Waals surface area contributed by atoms with Gasteiger partial charge in [0.25, 0.3) is 5.82 Å². The Labute approximate surface area is 185 Å². The van der Waals surface area contributed by atoms with Gasteiger partial charge in [0.1, 0.15) is 32.1 Å². The Bertz CT molecular complexity index is 1140. The number of carbonyl (C=O) groups excluding carboxylic acids is 1. The number of ether oxygens (including phenoxy) is 1. The number of rotatable bonds is 8. The van der Waals surface area contributed by atoms with Crippen molar-refractivity contribution in [2.24, 2.45) is 0 Å². The number of carbonyl (C=O) groups is 1. The van der Waals surface area contributed by atoms with Gasteiger partial charge in [-0.05, 0) is 28.1 Å². The lowest BCUT2D eigenvalue weighted by atomic mass is 10.0. The molecule has 1 atom stereocenters. The van der Waals surface area contributed by atoms with E-state index in [1.165, 1.54) is 16.9 Å². The lowest BCUT2D eigenvalue weighted by Crippen LogP contribution is -2.36. The van der Waals surface area contributed by atoms with E-state index in [1.807, 2.05) is 83.9 Å². The highest BCUT2D eigenvalue weighted by atomic mass is 32.1. The average Bonchev–Trinajstić information content (AvgIpc) is 3.42. The fraction of sp³-hybridized carbons (Fsp3) is 0.200. The van der Waals surface area contributed by atoms with Crippen LogP contribution in [0.15, 0.2) is 84.5 Å². The molecule has 4 aromatic rings. The minimum Gasteiger partial charge on any atom is -0.459 e. The second kappa shape index (κ2) is 9.73. The smallest absolute Gasteiger partial charge is 0.340 e. The number of hydrogen-bond donors (Lipinski definition) is 1. The van der Waals surface area contributed by atoms with Crippen molar-refractivity contribution in [1.29, 1.82) is 0 Å². The Morgan fingerprint density at radius 2 is 1.81 bits per heavy atom. The molecule has 0 saturated heterocycles. The molecule has 0 aliphatic heterocycles. The summed E-state index contributed by atoms with van der Waals surface area (Å²) in [5.74, 6) is 0.451. The Kier molecular flexibility index (Phi) is 6.60. The zero-order valence-corrected chi connectivity index (χ0v) is 18.2. The van der Waals surface area contributed by atoms with Crippen LogP contribution in [0.25, 0.3) is 11.1 Å². The number of benzene rings is 2. The highest BCUT2D eigenvalue weighted by Crippen LogP contribution is 2.33. The van der Waals surface area contributed by atoms with E-state index < -0.39 is 12.1 Å². The lowest BCUT2D eigenvalue weighted by molar-refractivity contribution is -0.694. The second-order valence-corrected chi connectivity index (χ2v) is 8.23. The SMILES string of the molecule is Cc1n(CCOC(=O)C(O)c2sccc2-c2ccccc2)cc[n+]1Cc1ccccc1. The fourth-order valence-electron chi connectivity index (χ4n) is 3.54. The van der Waals surface area contributed by atoms with E-state index in [9.17, 15) is 9.90 Å². The van der Waals surface area contributed by atoms with Crippen molar-refractivity contribution in [3.63, 3.8) is 0 Å². The summed E-state index contributed by atoms with van der Waals surface area (Å²) in [6.07, 6.45) is 2.72. The van der Waals surface area contributed by atoms with Crippen LogP contribution in [0.3, 0.4) is 0 Å². The van der Waals surface area contributed by atoms with Gasteiger partial charge in [0.15, 0.2) is 6.10 Å². The van der Waals surface area contributed by atoms with Gasteiger partial charge in [-0.1, -0.05) is 60.7 Å². The molecule has 6 heteroatoms. The van der Waals surface area contributed by atoms with Crippen LogP contribution in [0.5, 0.6) is 0 Å². The molecule has 0 fully saturated rings. The first-order valence-corrected chi connectivity index (χ1v) is 11.1. The maximum Gasteiger partial charge on any atom is 0.340 e. The summed E-state index contributed by atoms with van der Waals surface area (Å²) in [6, 6.07) is 21.9. The van der Waals surface area contributed by atoms with Crippen molar-refractivity contribution in [3.05, 3.63) is 101 Å². The molecule has 2 heterocycles. The minimum absolute atomic E-state index is 0.197. The quantitative estimate of drug-likeness (QED) is 0.336. The first-order valence-electron chi connectivity index (χ1n) is 10.2. The van der Waals surface area contributed by atoms with Gasteiger partial charge in [0.05, 0.1) is 4.88 Å². The van der Waals surface area contributed by atoms with Crippen molar-refractivity contribution in [2.45, 2.75) is 26.1 Å². The van der Waals surface area contributed by atoms with Crippen molar-refractivity contribution in [1.82, 2.24) is 4.57 Å². The van der Waals surface area contributed by atoms with E-state index in [0.717, 1.165) is 23.5 Å². The highest BCUT2D eigenvalue weighted by Gasteiger charge is 2.24. The number of hydrogen-bond acceptors (Lipinski definition) is 4. The molecule has 4 rings (SSSR count). The van der Waals surface area contributed by atoms with Gasteiger partial charge in [-0.15, -0.1) is 11.3 Å². The fourth-order valence-corrected chi connectivity index (χ4v) is 4.43. The summed E-state index contributed by atoms with van der Waals surface area (Å²) in [5.41, 5.74) is 3.06. The van der Waals surface area contributed by atoms with E-state index in [2.05, 4.69) is 16.7 Å². The number of thiophene rings is 1. The number of aliphatic hydroxyl groups excluding tert-OH is 1. The predicted molar refractivity (Wildman–Crippen MR) is 121 cm³/mol. The summed E-state index contributed by atoms with van der Waals surface area (Å²) >= 11 is 1.36. The molecule has 0 spiro atoms.